The minimum atomic E-state index is 0.0381. The van der Waals surface area contributed by atoms with Crippen LogP contribution in [0.2, 0.25) is 0 Å². The summed E-state index contributed by atoms with van der Waals surface area (Å²) in [6, 6.07) is 0.254. The smallest absolute Gasteiger partial charge is 0.267 e. The van der Waals surface area contributed by atoms with Crippen LogP contribution in [0.15, 0.2) is 0 Å². The predicted octanol–water partition coefficient (Wildman–Crippen LogP) is 1.97. The lowest BCUT2D eigenvalue weighted by molar-refractivity contribution is 0.0744. The molecule has 0 N–H and O–H groups in total. The second kappa shape index (κ2) is 5.21. The van der Waals surface area contributed by atoms with Gasteiger partial charge in [0, 0.05) is 13.1 Å². The third-order valence-electron chi connectivity index (χ3n) is 2.66. The number of carbonyl (C=O) groups is 1. The molecule has 1 amide bonds. The first-order valence-electron chi connectivity index (χ1n) is 5.20. The Kier molecular flexibility index (Phi) is 4.20. The van der Waals surface area contributed by atoms with E-state index >= 15 is 0 Å². The van der Waals surface area contributed by atoms with Gasteiger partial charge in [-0.05, 0) is 31.3 Å². The Morgan fingerprint density at radius 1 is 1.53 bits per heavy atom. The Labute approximate surface area is 94.5 Å². The van der Waals surface area contributed by atoms with E-state index in [-0.39, 0.29) is 11.9 Å². The number of rotatable bonds is 4. The van der Waals surface area contributed by atoms with E-state index in [0.717, 1.165) is 18.5 Å². The third-order valence-corrected chi connectivity index (χ3v) is 3.41. The first-order valence-corrected chi connectivity index (χ1v) is 5.97. The standard InChI is InChI=1S/C10H17N3OS/c1-5-7(3)13(4)10(14)9-8(6-2)11-12-15-9/h7H,5-6H2,1-4H3. The van der Waals surface area contributed by atoms with Crippen LogP contribution < -0.4 is 0 Å². The van der Waals surface area contributed by atoms with Crippen molar-refractivity contribution in [1.82, 2.24) is 14.5 Å². The van der Waals surface area contributed by atoms with Gasteiger partial charge >= 0.3 is 0 Å². The molecule has 1 aromatic heterocycles. The quantitative estimate of drug-likeness (QED) is 0.790. The van der Waals surface area contributed by atoms with Crippen LogP contribution in [-0.4, -0.2) is 33.5 Å². The Hall–Kier alpha value is -0.970. The highest BCUT2D eigenvalue weighted by Crippen LogP contribution is 2.15. The van der Waals surface area contributed by atoms with Crippen LogP contribution in [0.1, 0.15) is 42.6 Å². The van der Waals surface area contributed by atoms with E-state index in [1.807, 2.05) is 20.9 Å². The van der Waals surface area contributed by atoms with Crippen LogP contribution in [0.25, 0.3) is 0 Å². The van der Waals surface area contributed by atoms with Crippen molar-refractivity contribution in [2.75, 3.05) is 7.05 Å². The van der Waals surface area contributed by atoms with E-state index in [1.54, 1.807) is 4.90 Å². The number of hydrogen-bond acceptors (Lipinski definition) is 4. The Bertz CT molecular complexity index is 337. The third kappa shape index (κ3) is 2.53. The Morgan fingerprint density at radius 2 is 2.20 bits per heavy atom. The van der Waals surface area contributed by atoms with Crippen LogP contribution in [0.5, 0.6) is 0 Å². The van der Waals surface area contributed by atoms with E-state index in [9.17, 15) is 4.79 Å². The molecule has 1 atom stereocenters. The molecule has 0 saturated carbocycles. The van der Waals surface area contributed by atoms with Gasteiger partial charge in [-0.15, -0.1) is 5.10 Å². The molecule has 0 aliphatic rings. The molecule has 4 nitrogen and oxygen atoms in total. The molecule has 1 unspecified atom stereocenters. The maximum absolute atomic E-state index is 12.0. The number of aromatic nitrogens is 2. The predicted molar refractivity (Wildman–Crippen MR) is 61.1 cm³/mol. The van der Waals surface area contributed by atoms with Crippen LogP contribution in [0.4, 0.5) is 0 Å². The normalized spacial score (nSPS) is 12.5. The van der Waals surface area contributed by atoms with Gasteiger partial charge in [0.05, 0.1) is 5.69 Å². The first kappa shape index (κ1) is 12.1. The van der Waals surface area contributed by atoms with Crippen molar-refractivity contribution in [2.45, 2.75) is 39.7 Å². The fourth-order valence-electron chi connectivity index (χ4n) is 1.24. The second-order valence-electron chi connectivity index (χ2n) is 3.58. The molecule has 0 aliphatic heterocycles. The van der Waals surface area contributed by atoms with Crippen LogP contribution in [-0.2, 0) is 6.42 Å². The van der Waals surface area contributed by atoms with E-state index in [0.29, 0.717) is 4.88 Å². The molecule has 0 fully saturated rings. The minimum Gasteiger partial charge on any atom is -0.338 e. The molecule has 0 saturated heterocycles. The van der Waals surface area contributed by atoms with Gasteiger partial charge < -0.3 is 4.90 Å². The molecule has 1 aromatic rings. The van der Waals surface area contributed by atoms with Gasteiger partial charge in [0.2, 0.25) is 0 Å². The molecular weight excluding hydrogens is 210 g/mol. The summed E-state index contributed by atoms with van der Waals surface area (Å²) >= 11 is 1.19. The SMILES string of the molecule is CCc1nnsc1C(=O)N(C)C(C)CC. The zero-order chi connectivity index (χ0) is 11.4. The molecule has 15 heavy (non-hydrogen) atoms. The molecule has 84 valence electrons. The van der Waals surface area contributed by atoms with Gasteiger partial charge in [-0.25, -0.2) is 0 Å². The minimum absolute atomic E-state index is 0.0381. The van der Waals surface area contributed by atoms with Crippen molar-refractivity contribution >= 4 is 17.4 Å². The van der Waals surface area contributed by atoms with Crippen LogP contribution >= 0.6 is 11.5 Å². The highest BCUT2D eigenvalue weighted by atomic mass is 32.1. The summed E-state index contributed by atoms with van der Waals surface area (Å²) in [6.07, 6.45) is 1.71. The molecule has 0 aromatic carbocycles. The van der Waals surface area contributed by atoms with Crippen molar-refractivity contribution in [1.29, 1.82) is 0 Å². The van der Waals surface area contributed by atoms with Crippen molar-refractivity contribution in [2.24, 2.45) is 0 Å². The summed E-state index contributed by atoms with van der Waals surface area (Å²) in [5.41, 5.74) is 0.806. The first-order chi connectivity index (χ1) is 7.11. The topological polar surface area (TPSA) is 46.1 Å². The summed E-state index contributed by atoms with van der Waals surface area (Å²) in [6.45, 7) is 6.09. The maximum Gasteiger partial charge on any atom is 0.267 e. The van der Waals surface area contributed by atoms with Gasteiger partial charge in [0.15, 0.2) is 0 Å². The number of hydrogen-bond donors (Lipinski definition) is 0. The molecule has 1 heterocycles. The highest BCUT2D eigenvalue weighted by Gasteiger charge is 2.21. The highest BCUT2D eigenvalue weighted by molar-refractivity contribution is 7.07. The van der Waals surface area contributed by atoms with Gasteiger partial charge in [-0.1, -0.05) is 18.3 Å². The van der Waals surface area contributed by atoms with Crippen molar-refractivity contribution in [3.05, 3.63) is 10.6 Å². The van der Waals surface area contributed by atoms with E-state index in [1.165, 1.54) is 11.5 Å². The van der Waals surface area contributed by atoms with Crippen LogP contribution in [0.3, 0.4) is 0 Å². The number of carbonyl (C=O) groups excluding carboxylic acids is 1. The lowest BCUT2D eigenvalue weighted by atomic mass is 10.2. The summed E-state index contributed by atoms with van der Waals surface area (Å²) in [7, 11) is 1.83. The molecule has 5 heteroatoms. The Morgan fingerprint density at radius 3 is 2.73 bits per heavy atom. The van der Waals surface area contributed by atoms with E-state index < -0.39 is 0 Å². The summed E-state index contributed by atoms with van der Waals surface area (Å²) in [5, 5.41) is 3.94. The lowest BCUT2D eigenvalue weighted by Crippen LogP contribution is -2.34. The second-order valence-corrected chi connectivity index (χ2v) is 4.33. The largest absolute Gasteiger partial charge is 0.338 e. The zero-order valence-electron chi connectivity index (χ0n) is 9.65. The molecule has 0 bridgehead atoms. The van der Waals surface area contributed by atoms with Crippen molar-refractivity contribution in [3.63, 3.8) is 0 Å². The molecular formula is C10H17N3OS. The van der Waals surface area contributed by atoms with E-state index in [4.69, 9.17) is 0 Å². The number of nitrogens with zero attached hydrogens (tertiary/aromatic N) is 3. The van der Waals surface area contributed by atoms with Gasteiger partial charge in [0.25, 0.3) is 5.91 Å². The zero-order valence-corrected chi connectivity index (χ0v) is 10.5. The molecule has 0 aliphatic carbocycles. The van der Waals surface area contributed by atoms with Crippen molar-refractivity contribution < 1.29 is 4.79 Å². The fourth-order valence-corrected chi connectivity index (χ4v) is 1.97. The van der Waals surface area contributed by atoms with Crippen LogP contribution in [0, 0.1) is 0 Å². The van der Waals surface area contributed by atoms with E-state index in [2.05, 4.69) is 16.5 Å². The fraction of sp³-hybridized carbons (Fsp3) is 0.700. The van der Waals surface area contributed by atoms with Crippen molar-refractivity contribution in [3.8, 4) is 0 Å². The molecule has 0 spiro atoms. The van der Waals surface area contributed by atoms with Gasteiger partial charge in [-0.3, -0.25) is 4.79 Å². The number of amides is 1. The maximum atomic E-state index is 12.0. The van der Waals surface area contributed by atoms with Gasteiger partial charge in [-0.2, -0.15) is 0 Å². The summed E-state index contributed by atoms with van der Waals surface area (Å²) in [4.78, 5) is 14.5. The Balaban J connectivity index is 2.84. The average Bonchev–Trinajstić information content (AvgIpc) is 2.73. The monoisotopic (exact) mass is 227 g/mol. The molecule has 1 rings (SSSR count). The summed E-state index contributed by atoms with van der Waals surface area (Å²) < 4.78 is 3.83. The van der Waals surface area contributed by atoms with Gasteiger partial charge in [0.1, 0.15) is 4.88 Å². The number of aryl methyl sites for hydroxylation is 1. The summed E-state index contributed by atoms with van der Waals surface area (Å²) in [5.74, 6) is 0.0381. The average molecular weight is 227 g/mol. The lowest BCUT2D eigenvalue weighted by Gasteiger charge is -2.23. The molecule has 0 radical (unpaired) electrons.